The van der Waals surface area contributed by atoms with Crippen LogP contribution in [0, 0.1) is 6.92 Å². The Morgan fingerprint density at radius 3 is 2.88 bits per heavy atom. The molecule has 16 heavy (non-hydrogen) atoms. The largest absolute Gasteiger partial charge is 0.326 e. The molecular weight excluding hydrogens is 218 g/mol. The first-order chi connectivity index (χ1) is 7.69. The second-order valence-electron chi connectivity index (χ2n) is 3.77. The molecule has 0 spiro atoms. The van der Waals surface area contributed by atoms with Gasteiger partial charge in [-0.3, -0.25) is 4.68 Å². The zero-order chi connectivity index (χ0) is 11.5. The van der Waals surface area contributed by atoms with Gasteiger partial charge in [0.25, 0.3) is 0 Å². The summed E-state index contributed by atoms with van der Waals surface area (Å²) in [5.74, 6) is 0. The van der Waals surface area contributed by atoms with Crippen molar-refractivity contribution in [1.82, 2.24) is 9.78 Å². The Hall–Kier alpha value is -1.26. The second-order valence-corrected chi connectivity index (χ2v) is 4.88. The van der Waals surface area contributed by atoms with Gasteiger partial charge >= 0.3 is 0 Å². The molecular formula is C12H15N3S. The van der Waals surface area contributed by atoms with Crippen LogP contribution in [0.25, 0.3) is 0 Å². The molecule has 2 N–H and O–H groups in total. The number of hydrogen-bond acceptors (Lipinski definition) is 3. The third-order valence-corrected chi connectivity index (χ3v) is 3.41. The molecule has 0 atom stereocenters. The molecule has 0 bridgehead atoms. The highest BCUT2D eigenvalue weighted by molar-refractivity contribution is 7.99. The Balaban J connectivity index is 2.27. The summed E-state index contributed by atoms with van der Waals surface area (Å²) in [6, 6.07) is 6.37. The zero-order valence-corrected chi connectivity index (χ0v) is 10.3. The monoisotopic (exact) mass is 233 g/mol. The van der Waals surface area contributed by atoms with Crippen LogP contribution in [0.15, 0.2) is 40.4 Å². The molecule has 0 amide bonds. The first kappa shape index (κ1) is 11.2. The van der Waals surface area contributed by atoms with Crippen molar-refractivity contribution in [3.05, 3.63) is 41.7 Å². The third-order valence-electron chi connectivity index (χ3n) is 2.34. The van der Waals surface area contributed by atoms with Crippen molar-refractivity contribution in [2.45, 2.75) is 23.3 Å². The lowest BCUT2D eigenvalue weighted by molar-refractivity contribution is 0.766. The Morgan fingerprint density at radius 1 is 1.44 bits per heavy atom. The normalized spacial score (nSPS) is 10.7. The van der Waals surface area contributed by atoms with Crippen LogP contribution >= 0.6 is 11.8 Å². The summed E-state index contributed by atoms with van der Waals surface area (Å²) in [6.45, 7) is 2.65. The van der Waals surface area contributed by atoms with E-state index in [2.05, 4.69) is 30.2 Å². The van der Waals surface area contributed by atoms with E-state index in [4.69, 9.17) is 5.73 Å². The average molecular weight is 233 g/mol. The number of rotatable bonds is 3. The molecule has 0 unspecified atom stereocenters. The first-order valence-corrected chi connectivity index (χ1v) is 5.97. The van der Waals surface area contributed by atoms with Crippen LogP contribution in [0.1, 0.15) is 11.1 Å². The number of benzene rings is 1. The van der Waals surface area contributed by atoms with E-state index in [-0.39, 0.29) is 0 Å². The minimum absolute atomic E-state index is 0.574. The van der Waals surface area contributed by atoms with E-state index >= 15 is 0 Å². The van der Waals surface area contributed by atoms with Crippen molar-refractivity contribution in [3.63, 3.8) is 0 Å². The molecule has 2 aromatic rings. The van der Waals surface area contributed by atoms with Crippen molar-refractivity contribution < 1.29 is 0 Å². The van der Waals surface area contributed by atoms with Crippen molar-refractivity contribution in [1.29, 1.82) is 0 Å². The van der Waals surface area contributed by atoms with Crippen LogP contribution in [-0.4, -0.2) is 9.78 Å². The van der Waals surface area contributed by atoms with Gasteiger partial charge in [-0.05, 0) is 18.6 Å². The lowest BCUT2D eigenvalue weighted by atomic mass is 10.1. The Labute approximate surface area is 99.7 Å². The van der Waals surface area contributed by atoms with Crippen molar-refractivity contribution >= 4 is 11.8 Å². The average Bonchev–Trinajstić information content (AvgIpc) is 2.67. The van der Waals surface area contributed by atoms with Crippen LogP contribution < -0.4 is 5.73 Å². The number of aryl methyl sites for hydroxylation is 2. The minimum atomic E-state index is 0.574. The lowest BCUT2D eigenvalue weighted by Crippen LogP contribution is -1.98. The second kappa shape index (κ2) is 4.72. The Kier molecular flexibility index (Phi) is 3.31. The van der Waals surface area contributed by atoms with Gasteiger partial charge in [-0.1, -0.05) is 29.5 Å². The molecule has 84 valence electrons. The highest BCUT2D eigenvalue weighted by atomic mass is 32.2. The molecule has 4 heteroatoms. The Morgan fingerprint density at radius 2 is 2.25 bits per heavy atom. The minimum Gasteiger partial charge on any atom is -0.326 e. The van der Waals surface area contributed by atoms with Gasteiger partial charge in [-0.25, -0.2) is 0 Å². The molecule has 3 nitrogen and oxygen atoms in total. The topological polar surface area (TPSA) is 43.8 Å². The molecule has 1 aromatic heterocycles. The molecule has 0 saturated carbocycles. The van der Waals surface area contributed by atoms with Crippen LogP contribution in [-0.2, 0) is 13.6 Å². The highest BCUT2D eigenvalue weighted by Crippen LogP contribution is 2.30. The SMILES string of the molecule is Cc1ccc(Sc2cnn(C)c2)c(CN)c1. The van der Waals surface area contributed by atoms with Crippen LogP contribution in [0.5, 0.6) is 0 Å². The smallest absolute Gasteiger partial charge is 0.0629 e. The number of nitrogens with zero attached hydrogens (tertiary/aromatic N) is 2. The molecule has 0 aliphatic rings. The van der Waals surface area contributed by atoms with E-state index in [1.54, 1.807) is 16.4 Å². The highest BCUT2D eigenvalue weighted by Gasteiger charge is 2.04. The molecule has 2 rings (SSSR count). The maximum Gasteiger partial charge on any atom is 0.0629 e. The molecule has 1 heterocycles. The third kappa shape index (κ3) is 2.46. The number of hydrogen-bond donors (Lipinski definition) is 1. The van der Waals surface area contributed by atoms with Crippen molar-refractivity contribution in [2.75, 3.05) is 0 Å². The van der Waals surface area contributed by atoms with E-state index in [1.807, 2.05) is 19.4 Å². The van der Waals surface area contributed by atoms with E-state index in [9.17, 15) is 0 Å². The fourth-order valence-corrected chi connectivity index (χ4v) is 2.51. The fraction of sp³-hybridized carbons (Fsp3) is 0.250. The summed E-state index contributed by atoms with van der Waals surface area (Å²) in [7, 11) is 1.92. The van der Waals surface area contributed by atoms with E-state index < -0.39 is 0 Å². The van der Waals surface area contributed by atoms with E-state index in [1.165, 1.54) is 16.0 Å². The van der Waals surface area contributed by atoms with Crippen LogP contribution in [0.3, 0.4) is 0 Å². The molecule has 1 aromatic carbocycles. The predicted molar refractivity (Wildman–Crippen MR) is 66.4 cm³/mol. The summed E-state index contributed by atoms with van der Waals surface area (Å²) < 4.78 is 1.80. The van der Waals surface area contributed by atoms with Gasteiger partial charge in [0.1, 0.15) is 0 Å². The van der Waals surface area contributed by atoms with Crippen LogP contribution in [0.2, 0.25) is 0 Å². The summed E-state index contributed by atoms with van der Waals surface area (Å²) in [5.41, 5.74) is 8.18. The molecule has 0 aliphatic heterocycles. The van der Waals surface area contributed by atoms with Gasteiger partial charge in [-0.2, -0.15) is 5.10 Å². The predicted octanol–water partition coefficient (Wildman–Crippen LogP) is 2.34. The van der Waals surface area contributed by atoms with Crippen molar-refractivity contribution in [2.24, 2.45) is 12.8 Å². The maximum absolute atomic E-state index is 5.74. The van der Waals surface area contributed by atoms with E-state index in [0.717, 1.165) is 4.90 Å². The summed E-state index contributed by atoms with van der Waals surface area (Å²) in [4.78, 5) is 2.35. The zero-order valence-electron chi connectivity index (χ0n) is 9.47. The quantitative estimate of drug-likeness (QED) is 0.885. The van der Waals surface area contributed by atoms with Gasteiger partial charge in [0.15, 0.2) is 0 Å². The van der Waals surface area contributed by atoms with Crippen LogP contribution in [0.4, 0.5) is 0 Å². The summed E-state index contributed by atoms with van der Waals surface area (Å²) in [6.07, 6.45) is 3.87. The lowest BCUT2D eigenvalue weighted by Gasteiger charge is -2.06. The fourth-order valence-electron chi connectivity index (χ4n) is 1.55. The molecule has 0 aliphatic carbocycles. The van der Waals surface area contributed by atoms with Gasteiger partial charge in [-0.15, -0.1) is 0 Å². The molecule has 0 radical (unpaired) electrons. The Bertz CT molecular complexity index is 491. The number of aromatic nitrogens is 2. The molecule has 0 saturated heterocycles. The van der Waals surface area contributed by atoms with Crippen molar-refractivity contribution in [3.8, 4) is 0 Å². The van der Waals surface area contributed by atoms with Gasteiger partial charge in [0.05, 0.1) is 11.1 Å². The van der Waals surface area contributed by atoms with E-state index in [0.29, 0.717) is 6.54 Å². The number of nitrogens with two attached hydrogens (primary N) is 1. The van der Waals surface area contributed by atoms with Gasteiger partial charge in [0.2, 0.25) is 0 Å². The molecule has 0 fully saturated rings. The first-order valence-electron chi connectivity index (χ1n) is 5.15. The van der Waals surface area contributed by atoms with Gasteiger partial charge < -0.3 is 5.73 Å². The maximum atomic E-state index is 5.74. The summed E-state index contributed by atoms with van der Waals surface area (Å²) >= 11 is 1.70. The standard InChI is InChI=1S/C12H15N3S/c1-9-3-4-12(10(5-9)6-13)16-11-7-14-15(2)8-11/h3-5,7-8H,6,13H2,1-2H3. The van der Waals surface area contributed by atoms with Gasteiger partial charge in [0, 0.05) is 24.7 Å². The summed E-state index contributed by atoms with van der Waals surface area (Å²) in [5, 5.41) is 4.15.